The van der Waals surface area contributed by atoms with Crippen LogP contribution in [0.4, 0.5) is 0 Å². The molecule has 0 heterocycles. The summed E-state index contributed by atoms with van der Waals surface area (Å²) in [6, 6.07) is 9.41. The van der Waals surface area contributed by atoms with E-state index in [1.165, 1.54) is 0 Å². The molecule has 0 fully saturated rings. The molecule has 0 radical (unpaired) electrons. The van der Waals surface area contributed by atoms with Crippen LogP contribution in [-0.4, -0.2) is 47.4 Å². The van der Waals surface area contributed by atoms with Crippen LogP contribution in [0.2, 0.25) is 0 Å². The fourth-order valence-corrected chi connectivity index (χ4v) is 3.73. The molecule has 3 nitrogen and oxygen atoms in total. The summed E-state index contributed by atoms with van der Waals surface area (Å²) in [6.45, 7) is 12.8. The van der Waals surface area contributed by atoms with E-state index in [9.17, 15) is 4.79 Å². The Hall–Kier alpha value is -1.97. The molecule has 0 aliphatic heterocycles. The Labute approximate surface area is 158 Å². The number of likely N-dealkylation sites (N-methyl/N-ethyl adjacent to an activating group) is 2. The third-order valence-electron chi connectivity index (χ3n) is 5.20. The molecule has 140 valence electrons. The van der Waals surface area contributed by atoms with Crippen molar-refractivity contribution >= 4 is 5.78 Å². The smallest absolute Gasteiger partial charge is 0.185 e. The first-order valence-electron chi connectivity index (χ1n) is 9.77. The second-order valence-electron chi connectivity index (χ2n) is 6.51. The Morgan fingerprint density at radius 2 is 1.42 bits per heavy atom. The van der Waals surface area contributed by atoms with Crippen LogP contribution in [0.1, 0.15) is 38.1 Å². The van der Waals surface area contributed by atoms with Gasteiger partial charge in [-0.2, -0.15) is 0 Å². The Bertz CT molecular complexity index is 624. The maximum atomic E-state index is 12.3. The van der Waals surface area contributed by atoms with E-state index in [4.69, 9.17) is 0 Å². The molecule has 0 atom stereocenters. The number of carbonyl (C=O) groups excluding carboxylic acids is 1. The van der Waals surface area contributed by atoms with Crippen LogP contribution in [0.25, 0.3) is 0 Å². The number of allylic oxidation sites excluding steroid dienone is 4. The zero-order valence-electron chi connectivity index (χ0n) is 16.6. The lowest BCUT2D eigenvalue weighted by molar-refractivity contribution is 0.0266. The van der Waals surface area contributed by atoms with Gasteiger partial charge in [0.2, 0.25) is 0 Å². The summed E-state index contributed by atoms with van der Waals surface area (Å²) in [5, 5.41) is 0. The highest BCUT2D eigenvalue weighted by molar-refractivity contribution is 6.04. The van der Waals surface area contributed by atoms with E-state index >= 15 is 0 Å². The van der Waals surface area contributed by atoms with Crippen LogP contribution in [-0.2, 0) is 0 Å². The molecule has 0 spiro atoms. The largest absolute Gasteiger partial charge is 0.289 e. The van der Waals surface area contributed by atoms with Crippen LogP contribution in [0, 0.1) is 5.92 Å². The van der Waals surface area contributed by atoms with Crippen LogP contribution < -0.4 is 0 Å². The van der Waals surface area contributed by atoms with Gasteiger partial charge in [-0.15, -0.1) is 0 Å². The summed E-state index contributed by atoms with van der Waals surface area (Å²) in [6.07, 6.45) is 12.7. The quantitative estimate of drug-likeness (QED) is 0.282. The van der Waals surface area contributed by atoms with Crippen molar-refractivity contribution in [3.63, 3.8) is 0 Å². The molecule has 0 saturated heterocycles. The molecule has 1 aliphatic rings. The van der Waals surface area contributed by atoms with Gasteiger partial charge in [-0.1, -0.05) is 76.3 Å². The first-order chi connectivity index (χ1) is 12.6. The summed E-state index contributed by atoms with van der Waals surface area (Å²) in [4.78, 5) is 17.2. The van der Waals surface area contributed by atoms with E-state index in [0.717, 1.165) is 31.7 Å². The first kappa shape index (κ1) is 20.3. The molecule has 0 bridgehead atoms. The molecular formula is C23H32N2O. The lowest BCUT2D eigenvalue weighted by Gasteiger charge is -2.48. The minimum absolute atomic E-state index is 0.0525. The van der Waals surface area contributed by atoms with E-state index in [2.05, 4.69) is 61.8 Å². The molecule has 0 unspecified atom stereocenters. The van der Waals surface area contributed by atoms with E-state index in [-0.39, 0.29) is 17.4 Å². The fourth-order valence-electron chi connectivity index (χ4n) is 3.73. The zero-order valence-corrected chi connectivity index (χ0v) is 16.6. The van der Waals surface area contributed by atoms with Gasteiger partial charge in [-0.3, -0.25) is 14.6 Å². The minimum atomic E-state index is -0.166. The second kappa shape index (κ2) is 9.65. The number of hydrogen-bond donors (Lipinski definition) is 0. The molecule has 1 aliphatic carbocycles. The summed E-state index contributed by atoms with van der Waals surface area (Å²) >= 11 is 0. The van der Waals surface area contributed by atoms with E-state index < -0.39 is 0 Å². The lowest BCUT2D eigenvalue weighted by atomic mass is 9.92. The number of nitrogens with zero attached hydrogens (tertiary/aromatic N) is 2. The second-order valence-corrected chi connectivity index (χ2v) is 6.51. The minimum Gasteiger partial charge on any atom is -0.289 e. The number of hydrogen-bond acceptors (Lipinski definition) is 3. The maximum Gasteiger partial charge on any atom is 0.185 e. The maximum absolute atomic E-state index is 12.3. The van der Waals surface area contributed by atoms with E-state index in [1.807, 2.05) is 36.4 Å². The Kier molecular flexibility index (Phi) is 7.55. The van der Waals surface area contributed by atoms with Gasteiger partial charge in [-0.05, 0) is 44.4 Å². The number of ketones is 1. The highest BCUT2D eigenvalue weighted by Gasteiger charge is 2.36. The Morgan fingerprint density at radius 3 is 1.88 bits per heavy atom. The monoisotopic (exact) mass is 352 g/mol. The lowest BCUT2D eigenvalue weighted by Crippen LogP contribution is -2.58. The molecule has 2 rings (SSSR count). The van der Waals surface area contributed by atoms with Gasteiger partial charge in [0, 0.05) is 11.5 Å². The third kappa shape index (κ3) is 4.40. The van der Waals surface area contributed by atoms with Crippen LogP contribution in [0.5, 0.6) is 0 Å². The van der Waals surface area contributed by atoms with Crippen molar-refractivity contribution in [3.05, 3.63) is 72.4 Å². The normalized spacial score (nSPS) is 16.8. The van der Waals surface area contributed by atoms with Gasteiger partial charge < -0.3 is 0 Å². The first-order valence-corrected chi connectivity index (χ1v) is 9.77. The van der Waals surface area contributed by atoms with Gasteiger partial charge in [0.1, 0.15) is 5.66 Å². The van der Waals surface area contributed by atoms with E-state index in [1.54, 1.807) is 6.08 Å². The molecule has 3 heteroatoms. The summed E-state index contributed by atoms with van der Waals surface area (Å²) in [7, 11) is 0. The van der Waals surface area contributed by atoms with Gasteiger partial charge in [0.25, 0.3) is 0 Å². The predicted octanol–water partition coefficient (Wildman–Crippen LogP) is 4.55. The highest BCUT2D eigenvalue weighted by atomic mass is 16.1. The summed E-state index contributed by atoms with van der Waals surface area (Å²) in [5.41, 5.74) is 0.564. The number of rotatable bonds is 9. The molecule has 1 aromatic rings. The average molecular weight is 353 g/mol. The molecule has 0 amide bonds. The van der Waals surface area contributed by atoms with Crippen molar-refractivity contribution in [1.82, 2.24) is 9.80 Å². The van der Waals surface area contributed by atoms with Crippen molar-refractivity contribution in [3.8, 4) is 0 Å². The van der Waals surface area contributed by atoms with Crippen LogP contribution >= 0.6 is 0 Å². The summed E-state index contributed by atoms with van der Waals surface area (Å²) < 4.78 is 0. The SMILES string of the molecule is CCN(CC)C1(N(CC)CC)C=CC(/C=C/C(=O)c2ccccc2)C=C1. The fraction of sp³-hybridized carbons (Fsp3) is 0.435. The highest BCUT2D eigenvalue weighted by Crippen LogP contribution is 2.29. The van der Waals surface area contributed by atoms with Crippen molar-refractivity contribution in [2.75, 3.05) is 26.2 Å². The Morgan fingerprint density at radius 1 is 0.923 bits per heavy atom. The molecule has 0 saturated carbocycles. The number of carbonyl (C=O) groups is 1. The van der Waals surface area contributed by atoms with Crippen molar-refractivity contribution < 1.29 is 4.79 Å². The van der Waals surface area contributed by atoms with Crippen molar-refractivity contribution in [2.45, 2.75) is 33.4 Å². The van der Waals surface area contributed by atoms with Crippen LogP contribution in [0.3, 0.4) is 0 Å². The molecule has 0 aromatic heterocycles. The number of benzene rings is 1. The van der Waals surface area contributed by atoms with Gasteiger partial charge >= 0.3 is 0 Å². The molecular weight excluding hydrogens is 320 g/mol. The molecule has 0 N–H and O–H groups in total. The van der Waals surface area contributed by atoms with E-state index in [0.29, 0.717) is 0 Å². The van der Waals surface area contributed by atoms with Gasteiger partial charge in [0.05, 0.1) is 0 Å². The van der Waals surface area contributed by atoms with Crippen molar-refractivity contribution in [2.24, 2.45) is 5.92 Å². The topological polar surface area (TPSA) is 23.6 Å². The molecule has 1 aromatic carbocycles. The van der Waals surface area contributed by atoms with Gasteiger partial charge in [0.15, 0.2) is 5.78 Å². The third-order valence-corrected chi connectivity index (χ3v) is 5.20. The Balaban J connectivity index is 2.17. The standard InChI is InChI=1S/C23H32N2O/c1-5-24(6-2)23(25(7-3)8-4)18-16-20(17-19-23)14-15-22(26)21-12-10-9-11-13-21/h9-20H,5-8H2,1-4H3/b15-14+. The molecule has 26 heavy (non-hydrogen) atoms. The predicted molar refractivity (Wildman–Crippen MR) is 110 cm³/mol. The van der Waals surface area contributed by atoms with Crippen molar-refractivity contribution in [1.29, 1.82) is 0 Å². The average Bonchev–Trinajstić information content (AvgIpc) is 2.69. The van der Waals surface area contributed by atoms with Crippen LogP contribution in [0.15, 0.2) is 66.8 Å². The summed E-state index contributed by atoms with van der Waals surface area (Å²) in [5.74, 6) is 0.207. The van der Waals surface area contributed by atoms with Gasteiger partial charge in [-0.25, -0.2) is 0 Å². The zero-order chi connectivity index (χ0) is 19.0.